The Morgan fingerprint density at radius 1 is 1.16 bits per heavy atom. The molecule has 0 spiro atoms. The van der Waals surface area contributed by atoms with Crippen molar-refractivity contribution >= 4 is 5.91 Å². The van der Waals surface area contributed by atoms with Gasteiger partial charge in [-0.3, -0.25) is 9.78 Å². The summed E-state index contributed by atoms with van der Waals surface area (Å²) in [6.07, 6.45) is 3.58. The Kier molecular flexibility index (Phi) is 3.76. The van der Waals surface area contributed by atoms with Crippen LogP contribution in [0.15, 0.2) is 53.3 Å². The van der Waals surface area contributed by atoms with Crippen LogP contribution in [0.2, 0.25) is 0 Å². The van der Waals surface area contributed by atoms with Crippen molar-refractivity contribution in [2.75, 3.05) is 7.05 Å². The molecular weight excluding hydrogens is 323 g/mol. The largest absolute Gasteiger partial charge is 0.339 e. The summed E-state index contributed by atoms with van der Waals surface area (Å²) in [5, 5.41) is 4.02. The van der Waals surface area contributed by atoms with Crippen LogP contribution in [0, 0.1) is 5.82 Å². The first kappa shape index (κ1) is 15.4. The molecule has 1 saturated heterocycles. The van der Waals surface area contributed by atoms with E-state index in [1.54, 1.807) is 48.6 Å². The second kappa shape index (κ2) is 6.08. The van der Waals surface area contributed by atoms with Gasteiger partial charge < -0.3 is 9.42 Å². The molecule has 6 nitrogen and oxygen atoms in total. The van der Waals surface area contributed by atoms with E-state index in [0.717, 1.165) is 11.1 Å². The summed E-state index contributed by atoms with van der Waals surface area (Å²) >= 11 is 0. The average molecular weight is 338 g/mol. The number of likely N-dealkylation sites (tertiary alicyclic amines) is 1. The minimum Gasteiger partial charge on any atom is -0.339 e. The third kappa shape index (κ3) is 2.77. The highest BCUT2D eigenvalue weighted by Gasteiger charge is 2.42. The van der Waals surface area contributed by atoms with Crippen LogP contribution in [0.5, 0.6) is 0 Å². The molecule has 0 N–H and O–H groups in total. The highest BCUT2D eigenvalue weighted by Crippen LogP contribution is 2.43. The van der Waals surface area contributed by atoms with E-state index in [1.807, 2.05) is 0 Å². The molecule has 0 bridgehead atoms. The minimum atomic E-state index is -0.315. The quantitative estimate of drug-likeness (QED) is 0.734. The molecule has 0 radical (unpaired) electrons. The van der Waals surface area contributed by atoms with E-state index in [1.165, 1.54) is 12.1 Å². The summed E-state index contributed by atoms with van der Waals surface area (Å²) < 4.78 is 18.7. The molecule has 0 aliphatic carbocycles. The minimum absolute atomic E-state index is 0.0111. The summed E-state index contributed by atoms with van der Waals surface area (Å²) in [6.45, 7) is 0. The third-order valence-corrected chi connectivity index (χ3v) is 4.50. The number of pyridine rings is 1. The molecule has 1 aromatic carbocycles. The second-order valence-electron chi connectivity index (χ2n) is 6.00. The predicted molar refractivity (Wildman–Crippen MR) is 86.8 cm³/mol. The molecule has 0 unspecified atom stereocenters. The van der Waals surface area contributed by atoms with E-state index in [9.17, 15) is 9.18 Å². The van der Waals surface area contributed by atoms with Crippen LogP contribution in [-0.4, -0.2) is 33.0 Å². The smallest absolute Gasteiger partial charge is 0.233 e. The standard InChI is InChI=1S/C18H15FN4O2/c1-23-15(24)10-14(16(23)11-2-4-13(19)5-3-11)18-21-17(22-25-18)12-6-8-20-9-7-12/h2-9,14,16H,10H2,1H3/t14-,16-/m1/s1. The van der Waals surface area contributed by atoms with Crippen molar-refractivity contribution in [3.05, 3.63) is 66.1 Å². The number of benzene rings is 1. The van der Waals surface area contributed by atoms with Gasteiger partial charge in [0.15, 0.2) is 0 Å². The number of likely N-dealkylation sites (N-methyl/N-ethyl adjacent to an activating group) is 1. The summed E-state index contributed by atoms with van der Waals surface area (Å²) in [4.78, 5) is 22.3. The van der Waals surface area contributed by atoms with Crippen LogP contribution in [-0.2, 0) is 4.79 Å². The van der Waals surface area contributed by atoms with Crippen LogP contribution in [0.25, 0.3) is 11.4 Å². The van der Waals surface area contributed by atoms with Crippen LogP contribution < -0.4 is 0 Å². The fourth-order valence-electron chi connectivity index (χ4n) is 3.21. The first-order valence-electron chi connectivity index (χ1n) is 7.88. The highest BCUT2D eigenvalue weighted by molar-refractivity contribution is 5.80. The fraction of sp³-hybridized carbons (Fsp3) is 0.222. The number of aromatic nitrogens is 3. The Balaban J connectivity index is 1.69. The zero-order valence-corrected chi connectivity index (χ0v) is 13.5. The molecule has 1 aliphatic rings. The number of hydrogen-bond donors (Lipinski definition) is 0. The van der Waals surface area contributed by atoms with E-state index >= 15 is 0 Å². The second-order valence-corrected chi connectivity index (χ2v) is 6.00. The molecule has 1 amide bonds. The Morgan fingerprint density at radius 3 is 2.60 bits per heavy atom. The third-order valence-electron chi connectivity index (χ3n) is 4.50. The fourth-order valence-corrected chi connectivity index (χ4v) is 3.21. The first-order valence-corrected chi connectivity index (χ1v) is 7.88. The lowest BCUT2D eigenvalue weighted by molar-refractivity contribution is -0.127. The van der Waals surface area contributed by atoms with Gasteiger partial charge in [-0.05, 0) is 29.8 Å². The number of rotatable bonds is 3. The molecule has 1 aliphatic heterocycles. The van der Waals surface area contributed by atoms with Crippen LogP contribution >= 0.6 is 0 Å². The zero-order chi connectivity index (χ0) is 17.4. The Morgan fingerprint density at radius 2 is 1.88 bits per heavy atom. The van der Waals surface area contributed by atoms with Crippen molar-refractivity contribution in [3.8, 4) is 11.4 Å². The van der Waals surface area contributed by atoms with Gasteiger partial charge in [0.2, 0.25) is 17.6 Å². The van der Waals surface area contributed by atoms with Gasteiger partial charge in [-0.15, -0.1) is 0 Å². The maximum Gasteiger partial charge on any atom is 0.233 e. The zero-order valence-electron chi connectivity index (χ0n) is 13.5. The number of halogens is 1. The van der Waals surface area contributed by atoms with Crippen molar-refractivity contribution in [2.24, 2.45) is 0 Å². The van der Waals surface area contributed by atoms with Gasteiger partial charge in [-0.25, -0.2) is 4.39 Å². The predicted octanol–water partition coefficient (Wildman–Crippen LogP) is 2.96. The van der Waals surface area contributed by atoms with Gasteiger partial charge in [0.05, 0.1) is 12.0 Å². The van der Waals surface area contributed by atoms with E-state index in [2.05, 4.69) is 15.1 Å². The maximum absolute atomic E-state index is 13.2. The number of carbonyl (C=O) groups excluding carboxylic acids is 1. The summed E-state index contributed by atoms with van der Waals surface area (Å²) in [5.41, 5.74) is 1.63. The lowest BCUT2D eigenvalue weighted by atomic mass is 9.93. The molecule has 126 valence electrons. The van der Waals surface area contributed by atoms with Crippen molar-refractivity contribution < 1.29 is 13.7 Å². The van der Waals surface area contributed by atoms with Crippen molar-refractivity contribution in [3.63, 3.8) is 0 Å². The molecule has 25 heavy (non-hydrogen) atoms. The lowest BCUT2D eigenvalue weighted by Gasteiger charge is -2.23. The van der Waals surface area contributed by atoms with Gasteiger partial charge in [-0.1, -0.05) is 17.3 Å². The van der Waals surface area contributed by atoms with Crippen molar-refractivity contribution in [1.82, 2.24) is 20.0 Å². The molecule has 7 heteroatoms. The Bertz CT molecular complexity index is 895. The number of carbonyl (C=O) groups is 1. The average Bonchev–Trinajstić information content (AvgIpc) is 3.23. The van der Waals surface area contributed by atoms with Gasteiger partial charge in [0.25, 0.3) is 0 Å². The Labute approximate surface area is 143 Å². The first-order chi connectivity index (χ1) is 12.1. The number of amides is 1. The maximum atomic E-state index is 13.2. The van der Waals surface area contributed by atoms with Gasteiger partial charge >= 0.3 is 0 Å². The van der Waals surface area contributed by atoms with Crippen molar-refractivity contribution in [2.45, 2.75) is 18.4 Å². The van der Waals surface area contributed by atoms with Gasteiger partial charge in [-0.2, -0.15) is 4.98 Å². The van der Waals surface area contributed by atoms with Crippen LogP contribution in [0.1, 0.15) is 29.8 Å². The van der Waals surface area contributed by atoms with E-state index < -0.39 is 0 Å². The molecule has 2 aromatic heterocycles. The number of nitrogens with zero attached hydrogens (tertiary/aromatic N) is 4. The Hall–Kier alpha value is -3.09. The van der Waals surface area contributed by atoms with Gasteiger partial charge in [0.1, 0.15) is 5.82 Å². The van der Waals surface area contributed by atoms with E-state index in [0.29, 0.717) is 11.7 Å². The summed E-state index contributed by atoms with van der Waals surface area (Å²) in [6, 6.07) is 9.46. The van der Waals surface area contributed by atoms with Crippen LogP contribution in [0.4, 0.5) is 4.39 Å². The van der Waals surface area contributed by atoms with Crippen molar-refractivity contribution in [1.29, 1.82) is 0 Å². The normalized spacial score (nSPS) is 20.2. The monoisotopic (exact) mass is 338 g/mol. The molecule has 4 rings (SSSR count). The molecule has 2 atom stereocenters. The molecule has 3 heterocycles. The molecule has 0 saturated carbocycles. The van der Waals surface area contributed by atoms with E-state index in [-0.39, 0.29) is 30.1 Å². The van der Waals surface area contributed by atoms with E-state index in [4.69, 9.17) is 4.52 Å². The lowest BCUT2D eigenvalue weighted by Crippen LogP contribution is -2.24. The molecular formula is C18H15FN4O2. The number of hydrogen-bond acceptors (Lipinski definition) is 5. The topological polar surface area (TPSA) is 72.1 Å². The molecule has 1 fully saturated rings. The highest BCUT2D eigenvalue weighted by atomic mass is 19.1. The summed E-state index contributed by atoms with van der Waals surface area (Å²) in [5.74, 6) is 0.259. The van der Waals surface area contributed by atoms with Gasteiger partial charge in [0, 0.05) is 31.4 Å². The van der Waals surface area contributed by atoms with Crippen LogP contribution in [0.3, 0.4) is 0 Å². The SMILES string of the molecule is CN1C(=O)C[C@@H](c2nc(-c3ccncc3)no2)[C@H]1c1ccc(F)cc1. The molecule has 3 aromatic rings. The summed E-state index contributed by atoms with van der Waals surface area (Å²) in [7, 11) is 1.73.